The van der Waals surface area contributed by atoms with Gasteiger partial charge in [-0.25, -0.2) is 4.79 Å². The van der Waals surface area contributed by atoms with E-state index in [0.29, 0.717) is 26.1 Å². The van der Waals surface area contributed by atoms with E-state index in [1.807, 2.05) is 49.4 Å². The fraction of sp³-hybridized carbons (Fsp3) is 0.364. The van der Waals surface area contributed by atoms with Crippen molar-refractivity contribution in [1.82, 2.24) is 14.5 Å². The standard InChI is InChI=1S/C22H25N3O4/c1-2-12-24-17-5-3-4-6-18(17)25(22(24)27)13-10-21(26)23-11-9-16-7-8-19-20(14-16)29-15-28-19/h3-8,14H,2,9-13,15H2,1H3,(H,23,26). The average Bonchev–Trinajstić information content (AvgIpc) is 3.30. The van der Waals surface area contributed by atoms with Crippen molar-refractivity contribution in [1.29, 1.82) is 0 Å². The minimum Gasteiger partial charge on any atom is -0.454 e. The van der Waals surface area contributed by atoms with Gasteiger partial charge in [-0.1, -0.05) is 25.1 Å². The number of fused-ring (bicyclic) bond motifs is 2. The summed E-state index contributed by atoms with van der Waals surface area (Å²) in [5.74, 6) is 1.44. The van der Waals surface area contributed by atoms with Crippen LogP contribution < -0.4 is 20.5 Å². The molecule has 1 aliphatic heterocycles. The third-order valence-electron chi connectivity index (χ3n) is 5.11. The first-order valence-electron chi connectivity index (χ1n) is 10.0. The molecule has 29 heavy (non-hydrogen) atoms. The molecule has 7 heteroatoms. The lowest BCUT2D eigenvalue weighted by molar-refractivity contribution is -0.121. The molecule has 2 heterocycles. The summed E-state index contributed by atoms with van der Waals surface area (Å²) < 4.78 is 14.2. The van der Waals surface area contributed by atoms with Crippen LogP contribution in [0.2, 0.25) is 0 Å². The molecular formula is C22H25N3O4. The van der Waals surface area contributed by atoms with Gasteiger partial charge >= 0.3 is 5.69 Å². The predicted octanol–water partition coefficient (Wildman–Crippen LogP) is 2.69. The molecule has 0 bridgehead atoms. The number of rotatable bonds is 8. The molecule has 1 aliphatic rings. The van der Waals surface area contributed by atoms with E-state index in [4.69, 9.17) is 9.47 Å². The molecular weight excluding hydrogens is 370 g/mol. The second-order valence-electron chi connectivity index (χ2n) is 7.11. The van der Waals surface area contributed by atoms with Gasteiger partial charge < -0.3 is 14.8 Å². The van der Waals surface area contributed by atoms with E-state index in [0.717, 1.165) is 34.5 Å². The van der Waals surface area contributed by atoms with E-state index in [9.17, 15) is 9.59 Å². The Bertz CT molecular complexity index is 1080. The van der Waals surface area contributed by atoms with Crippen LogP contribution in [-0.4, -0.2) is 28.4 Å². The number of aryl methyl sites for hydroxylation is 2. The number of para-hydroxylation sites is 2. The molecule has 1 amide bonds. The Morgan fingerprint density at radius 3 is 2.52 bits per heavy atom. The van der Waals surface area contributed by atoms with Crippen molar-refractivity contribution in [2.45, 2.75) is 39.3 Å². The maximum Gasteiger partial charge on any atom is 0.329 e. The molecule has 0 fully saturated rings. The van der Waals surface area contributed by atoms with E-state index in [1.54, 1.807) is 9.13 Å². The van der Waals surface area contributed by atoms with Crippen LogP contribution in [0.5, 0.6) is 11.5 Å². The minimum atomic E-state index is -0.0648. The smallest absolute Gasteiger partial charge is 0.329 e. The monoisotopic (exact) mass is 395 g/mol. The molecule has 3 aromatic rings. The maximum atomic E-state index is 12.8. The minimum absolute atomic E-state index is 0.0544. The number of carbonyl (C=O) groups is 1. The topological polar surface area (TPSA) is 74.5 Å². The van der Waals surface area contributed by atoms with Crippen LogP contribution in [0.15, 0.2) is 47.3 Å². The zero-order valence-electron chi connectivity index (χ0n) is 16.5. The number of hydrogen-bond acceptors (Lipinski definition) is 4. The van der Waals surface area contributed by atoms with Gasteiger partial charge in [0.05, 0.1) is 11.0 Å². The van der Waals surface area contributed by atoms with Crippen molar-refractivity contribution < 1.29 is 14.3 Å². The van der Waals surface area contributed by atoms with Crippen molar-refractivity contribution >= 4 is 16.9 Å². The molecule has 2 aromatic carbocycles. The van der Waals surface area contributed by atoms with Gasteiger partial charge in [0.25, 0.3) is 0 Å². The summed E-state index contributed by atoms with van der Waals surface area (Å²) in [6.07, 6.45) is 1.85. The average molecular weight is 395 g/mol. The number of ether oxygens (including phenoxy) is 2. The summed E-state index contributed by atoms with van der Waals surface area (Å²) in [5.41, 5.74) is 2.82. The first-order valence-corrected chi connectivity index (χ1v) is 10.0. The summed E-state index contributed by atoms with van der Waals surface area (Å²) in [6, 6.07) is 13.5. The van der Waals surface area contributed by atoms with Gasteiger partial charge in [0.1, 0.15) is 0 Å². The number of imidazole rings is 1. The molecule has 0 saturated heterocycles. The van der Waals surface area contributed by atoms with E-state index < -0.39 is 0 Å². The van der Waals surface area contributed by atoms with Gasteiger partial charge in [-0.05, 0) is 42.7 Å². The molecule has 0 aliphatic carbocycles. The molecule has 0 radical (unpaired) electrons. The number of carbonyl (C=O) groups excluding carboxylic acids is 1. The van der Waals surface area contributed by atoms with E-state index in [1.165, 1.54) is 0 Å². The van der Waals surface area contributed by atoms with Crippen molar-refractivity contribution in [3.05, 3.63) is 58.5 Å². The quantitative estimate of drug-likeness (QED) is 0.636. The Hall–Kier alpha value is -3.22. The van der Waals surface area contributed by atoms with Crippen LogP contribution >= 0.6 is 0 Å². The lowest BCUT2D eigenvalue weighted by Gasteiger charge is -2.07. The van der Waals surface area contributed by atoms with Crippen LogP contribution in [0, 0.1) is 0 Å². The third-order valence-corrected chi connectivity index (χ3v) is 5.11. The van der Waals surface area contributed by atoms with Gasteiger partial charge in [-0.3, -0.25) is 13.9 Å². The molecule has 0 unspecified atom stereocenters. The highest BCUT2D eigenvalue weighted by Crippen LogP contribution is 2.32. The van der Waals surface area contributed by atoms with Crippen LogP contribution in [-0.2, 0) is 24.3 Å². The normalized spacial score (nSPS) is 12.4. The van der Waals surface area contributed by atoms with Gasteiger partial charge in [0.2, 0.25) is 12.7 Å². The highest BCUT2D eigenvalue weighted by Gasteiger charge is 2.14. The lowest BCUT2D eigenvalue weighted by Crippen LogP contribution is -2.29. The summed E-state index contributed by atoms with van der Waals surface area (Å²) in [4.78, 5) is 25.1. The molecule has 152 valence electrons. The van der Waals surface area contributed by atoms with Crippen LogP contribution in [0.4, 0.5) is 0 Å². The zero-order chi connectivity index (χ0) is 20.2. The Morgan fingerprint density at radius 1 is 1.03 bits per heavy atom. The van der Waals surface area contributed by atoms with Crippen LogP contribution in [0.25, 0.3) is 11.0 Å². The third kappa shape index (κ3) is 3.99. The molecule has 1 aromatic heterocycles. The Morgan fingerprint density at radius 2 is 1.76 bits per heavy atom. The Balaban J connectivity index is 1.34. The zero-order valence-corrected chi connectivity index (χ0v) is 16.5. The van der Waals surface area contributed by atoms with Crippen molar-refractivity contribution in [3.8, 4) is 11.5 Å². The fourth-order valence-corrected chi connectivity index (χ4v) is 3.67. The number of benzene rings is 2. The van der Waals surface area contributed by atoms with Crippen LogP contribution in [0.3, 0.4) is 0 Å². The summed E-state index contributed by atoms with van der Waals surface area (Å²) >= 11 is 0. The lowest BCUT2D eigenvalue weighted by atomic mass is 10.1. The number of nitrogens with zero attached hydrogens (tertiary/aromatic N) is 2. The number of amides is 1. The number of aromatic nitrogens is 2. The van der Waals surface area contributed by atoms with Crippen molar-refractivity contribution in [3.63, 3.8) is 0 Å². The van der Waals surface area contributed by atoms with E-state index in [2.05, 4.69) is 5.32 Å². The summed E-state index contributed by atoms with van der Waals surface area (Å²) in [7, 11) is 0. The molecule has 4 rings (SSSR count). The molecule has 0 spiro atoms. The SMILES string of the molecule is CCCn1c(=O)n(CCC(=O)NCCc2ccc3c(c2)OCO3)c2ccccc21. The molecule has 0 saturated carbocycles. The summed E-state index contributed by atoms with van der Waals surface area (Å²) in [6.45, 7) is 3.88. The van der Waals surface area contributed by atoms with Gasteiger partial charge in [0, 0.05) is 26.1 Å². The van der Waals surface area contributed by atoms with Crippen molar-refractivity contribution in [2.24, 2.45) is 0 Å². The van der Waals surface area contributed by atoms with E-state index in [-0.39, 0.29) is 24.8 Å². The highest BCUT2D eigenvalue weighted by atomic mass is 16.7. The van der Waals surface area contributed by atoms with Gasteiger partial charge in [0.15, 0.2) is 11.5 Å². The first kappa shape index (κ1) is 19.1. The van der Waals surface area contributed by atoms with Crippen LogP contribution in [0.1, 0.15) is 25.3 Å². The second-order valence-corrected chi connectivity index (χ2v) is 7.11. The maximum absolute atomic E-state index is 12.8. The largest absolute Gasteiger partial charge is 0.454 e. The van der Waals surface area contributed by atoms with Gasteiger partial charge in [-0.15, -0.1) is 0 Å². The fourth-order valence-electron chi connectivity index (χ4n) is 3.67. The molecule has 0 atom stereocenters. The highest BCUT2D eigenvalue weighted by molar-refractivity contribution is 5.78. The van der Waals surface area contributed by atoms with E-state index >= 15 is 0 Å². The number of hydrogen-bond donors (Lipinski definition) is 1. The Kier molecular flexibility index (Phi) is 5.55. The predicted molar refractivity (Wildman–Crippen MR) is 110 cm³/mol. The van der Waals surface area contributed by atoms with Crippen molar-refractivity contribution in [2.75, 3.05) is 13.3 Å². The molecule has 7 nitrogen and oxygen atoms in total. The first-order chi connectivity index (χ1) is 14.2. The molecule has 1 N–H and O–H groups in total. The number of nitrogens with one attached hydrogen (secondary N) is 1. The van der Waals surface area contributed by atoms with Gasteiger partial charge in [-0.2, -0.15) is 0 Å². The Labute approximate surface area is 168 Å². The second kappa shape index (κ2) is 8.43. The summed E-state index contributed by atoms with van der Waals surface area (Å²) in [5, 5.41) is 2.94.